The number of rotatable bonds is 4. The second-order valence-electron chi connectivity index (χ2n) is 7.59. The van der Waals surface area contributed by atoms with Crippen LogP contribution < -0.4 is 0 Å². The molecule has 0 amide bonds. The lowest BCUT2D eigenvalue weighted by atomic mass is 9.85. The predicted octanol–water partition coefficient (Wildman–Crippen LogP) is 4.04. The van der Waals surface area contributed by atoms with Crippen molar-refractivity contribution in [3.8, 4) is 11.4 Å². The van der Waals surface area contributed by atoms with Crippen LogP contribution in [0.1, 0.15) is 38.8 Å². The predicted molar refractivity (Wildman–Crippen MR) is 104 cm³/mol. The van der Waals surface area contributed by atoms with Crippen molar-refractivity contribution in [1.82, 2.24) is 15.0 Å². The zero-order chi connectivity index (χ0) is 19.8. The van der Waals surface area contributed by atoms with Gasteiger partial charge in [-0.05, 0) is 42.2 Å². The Bertz CT molecular complexity index is 996. The zero-order valence-corrected chi connectivity index (χ0v) is 16.0. The number of phenolic OH excluding ortho intramolecular Hbond substituents is 1. The molecule has 1 aromatic heterocycles. The molecule has 0 aliphatic heterocycles. The third-order valence-corrected chi connectivity index (χ3v) is 4.24. The van der Waals surface area contributed by atoms with Crippen molar-refractivity contribution in [2.75, 3.05) is 0 Å². The van der Waals surface area contributed by atoms with Gasteiger partial charge in [0.1, 0.15) is 29.1 Å². The Morgan fingerprint density at radius 1 is 1.19 bits per heavy atom. The number of ether oxygens (including phenoxy) is 1. The lowest BCUT2D eigenvalue weighted by Gasteiger charge is -2.22. The Hall–Kier alpha value is -3.15. The van der Waals surface area contributed by atoms with E-state index in [0.717, 1.165) is 16.6 Å². The van der Waals surface area contributed by atoms with Gasteiger partial charge >= 0.3 is 5.97 Å². The summed E-state index contributed by atoms with van der Waals surface area (Å²) in [4.78, 5) is 13.2. The fraction of sp³-hybridized carbons (Fsp3) is 0.286. The van der Waals surface area contributed by atoms with Gasteiger partial charge in [0.25, 0.3) is 0 Å². The van der Waals surface area contributed by atoms with E-state index in [1.165, 1.54) is 4.80 Å². The molecule has 0 aliphatic rings. The molecule has 27 heavy (non-hydrogen) atoms. The van der Waals surface area contributed by atoms with E-state index in [0.29, 0.717) is 16.8 Å². The SMILES string of the molecule is C=C(C)C(=O)OCc1cc(C(C)(C)C)cc(-n2nc3ccccc3n2)c1O. The normalized spacial score (nSPS) is 11.6. The minimum atomic E-state index is -0.500. The number of carbonyl (C=O) groups is 1. The Balaban J connectivity index is 2.10. The van der Waals surface area contributed by atoms with Gasteiger partial charge in [0.05, 0.1) is 0 Å². The van der Waals surface area contributed by atoms with Crippen molar-refractivity contribution in [3.63, 3.8) is 0 Å². The number of aromatic hydroxyl groups is 1. The number of aromatic nitrogens is 3. The molecule has 0 radical (unpaired) electrons. The number of carbonyl (C=O) groups excluding carboxylic acids is 1. The Morgan fingerprint density at radius 3 is 2.30 bits per heavy atom. The summed E-state index contributed by atoms with van der Waals surface area (Å²) in [7, 11) is 0. The fourth-order valence-electron chi connectivity index (χ4n) is 2.61. The summed E-state index contributed by atoms with van der Waals surface area (Å²) >= 11 is 0. The quantitative estimate of drug-likeness (QED) is 0.558. The average Bonchev–Trinajstić information content (AvgIpc) is 3.03. The highest BCUT2D eigenvalue weighted by atomic mass is 16.5. The molecule has 3 rings (SSSR count). The summed E-state index contributed by atoms with van der Waals surface area (Å²) in [6.07, 6.45) is 0. The third kappa shape index (κ3) is 3.84. The van der Waals surface area contributed by atoms with Crippen molar-refractivity contribution in [2.45, 2.75) is 39.7 Å². The molecule has 0 bridgehead atoms. The third-order valence-electron chi connectivity index (χ3n) is 4.24. The molecule has 140 valence electrons. The van der Waals surface area contributed by atoms with E-state index < -0.39 is 5.97 Å². The summed E-state index contributed by atoms with van der Waals surface area (Å²) in [6, 6.07) is 11.2. The van der Waals surface area contributed by atoms with Gasteiger partial charge in [0.2, 0.25) is 0 Å². The average molecular weight is 365 g/mol. The maximum absolute atomic E-state index is 11.7. The number of esters is 1. The highest BCUT2D eigenvalue weighted by Crippen LogP contribution is 2.33. The summed E-state index contributed by atoms with van der Waals surface area (Å²) in [5.74, 6) is -0.516. The van der Waals surface area contributed by atoms with Crippen molar-refractivity contribution < 1.29 is 14.6 Å². The van der Waals surface area contributed by atoms with E-state index in [-0.39, 0.29) is 17.8 Å². The summed E-state index contributed by atoms with van der Waals surface area (Å²) in [6.45, 7) is 11.3. The first-order chi connectivity index (χ1) is 12.7. The smallest absolute Gasteiger partial charge is 0.333 e. The van der Waals surface area contributed by atoms with Crippen molar-refractivity contribution in [2.24, 2.45) is 0 Å². The van der Waals surface area contributed by atoms with E-state index in [4.69, 9.17) is 4.74 Å². The van der Waals surface area contributed by atoms with E-state index in [1.807, 2.05) is 36.4 Å². The first kappa shape index (κ1) is 18.6. The van der Waals surface area contributed by atoms with Gasteiger partial charge in [-0.2, -0.15) is 0 Å². The van der Waals surface area contributed by atoms with Crippen molar-refractivity contribution >= 4 is 17.0 Å². The van der Waals surface area contributed by atoms with Crippen LogP contribution >= 0.6 is 0 Å². The Labute approximate surface area is 158 Å². The molecule has 0 aliphatic carbocycles. The largest absolute Gasteiger partial charge is 0.505 e. The van der Waals surface area contributed by atoms with Crippen LogP contribution in [0.25, 0.3) is 16.7 Å². The monoisotopic (exact) mass is 365 g/mol. The van der Waals surface area contributed by atoms with E-state index >= 15 is 0 Å². The molecule has 0 atom stereocenters. The molecule has 0 spiro atoms. The molecule has 0 fully saturated rings. The summed E-state index contributed by atoms with van der Waals surface area (Å²) in [5, 5.41) is 19.7. The summed E-state index contributed by atoms with van der Waals surface area (Å²) in [5.41, 5.74) is 3.50. The maximum atomic E-state index is 11.7. The lowest BCUT2D eigenvalue weighted by molar-refractivity contribution is -0.140. The Morgan fingerprint density at radius 2 is 1.78 bits per heavy atom. The molecular formula is C21H23N3O3. The van der Waals surface area contributed by atoms with Gasteiger partial charge < -0.3 is 9.84 Å². The van der Waals surface area contributed by atoms with Gasteiger partial charge in [0.15, 0.2) is 0 Å². The van der Waals surface area contributed by atoms with Crippen LogP contribution in [0.5, 0.6) is 5.75 Å². The highest BCUT2D eigenvalue weighted by molar-refractivity contribution is 5.87. The molecule has 0 unspecified atom stereocenters. The van der Waals surface area contributed by atoms with Crippen LogP contribution in [0.4, 0.5) is 0 Å². The second-order valence-corrected chi connectivity index (χ2v) is 7.59. The minimum absolute atomic E-state index is 0.0159. The van der Waals surface area contributed by atoms with E-state index in [2.05, 4.69) is 37.5 Å². The van der Waals surface area contributed by atoms with E-state index in [1.54, 1.807) is 6.92 Å². The van der Waals surface area contributed by atoms with Gasteiger partial charge in [-0.3, -0.25) is 0 Å². The molecule has 1 N–H and O–H groups in total. The van der Waals surface area contributed by atoms with Crippen LogP contribution in [0, 0.1) is 0 Å². The van der Waals surface area contributed by atoms with Crippen LogP contribution in [0.2, 0.25) is 0 Å². The van der Waals surface area contributed by atoms with Crippen LogP contribution in [-0.4, -0.2) is 26.1 Å². The maximum Gasteiger partial charge on any atom is 0.333 e. The van der Waals surface area contributed by atoms with Crippen LogP contribution in [0.15, 0.2) is 48.6 Å². The molecule has 0 saturated heterocycles. The minimum Gasteiger partial charge on any atom is -0.505 e. The summed E-state index contributed by atoms with van der Waals surface area (Å²) < 4.78 is 5.24. The number of benzene rings is 2. The van der Waals surface area contributed by atoms with Gasteiger partial charge in [-0.15, -0.1) is 15.0 Å². The molecule has 0 saturated carbocycles. The zero-order valence-electron chi connectivity index (χ0n) is 16.0. The van der Waals surface area contributed by atoms with Crippen molar-refractivity contribution in [1.29, 1.82) is 0 Å². The number of nitrogens with zero attached hydrogens (tertiary/aromatic N) is 3. The molecule has 6 heteroatoms. The lowest BCUT2D eigenvalue weighted by Crippen LogP contribution is -2.14. The number of phenols is 1. The number of hydrogen-bond donors (Lipinski definition) is 1. The van der Waals surface area contributed by atoms with Gasteiger partial charge in [0, 0.05) is 11.1 Å². The van der Waals surface area contributed by atoms with Gasteiger partial charge in [-0.25, -0.2) is 4.79 Å². The topological polar surface area (TPSA) is 77.2 Å². The fourth-order valence-corrected chi connectivity index (χ4v) is 2.61. The highest BCUT2D eigenvalue weighted by Gasteiger charge is 2.21. The molecule has 6 nitrogen and oxygen atoms in total. The molecule has 2 aromatic carbocycles. The van der Waals surface area contributed by atoms with Gasteiger partial charge in [-0.1, -0.05) is 39.5 Å². The first-order valence-electron chi connectivity index (χ1n) is 8.68. The Kier molecular flexibility index (Phi) is 4.74. The van der Waals surface area contributed by atoms with E-state index in [9.17, 15) is 9.90 Å². The first-order valence-corrected chi connectivity index (χ1v) is 8.68. The second kappa shape index (κ2) is 6.87. The number of fused-ring (bicyclic) bond motifs is 1. The number of hydrogen-bond acceptors (Lipinski definition) is 5. The molecule has 3 aromatic rings. The van der Waals surface area contributed by atoms with Crippen LogP contribution in [-0.2, 0) is 21.6 Å². The van der Waals surface area contributed by atoms with Crippen molar-refractivity contribution in [3.05, 3.63) is 59.7 Å². The van der Waals surface area contributed by atoms with Crippen LogP contribution in [0.3, 0.4) is 0 Å². The molecule has 1 heterocycles. The standard InChI is InChI=1S/C21H23N3O3/c1-13(2)20(26)27-12-14-10-15(21(3,4)5)11-18(19(14)25)24-22-16-8-6-7-9-17(16)23-24/h6-11,25H,1,12H2,2-5H3. The molecular weight excluding hydrogens is 342 g/mol.